The minimum atomic E-state index is -0.157. The second-order valence-electron chi connectivity index (χ2n) is 18.0. The Bertz CT molecular complexity index is 2820. The van der Waals surface area contributed by atoms with Crippen LogP contribution in [-0.4, -0.2) is 0 Å². The number of nitrogens with zero attached hydrogens (tertiary/aromatic N) is 1. The van der Waals surface area contributed by atoms with Gasteiger partial charge in [0.15, 0.2) is 0 Å². The van der Waals surface area contributed by atoms with Gasteiger partial charge < -0.3 is 4.90 Å². The first-order valence-electron chi connectivity index (χ1n) is 20.3. The Balaban J connectivity index is 1.30. The Morgan fingerprint density at radius 2 is 0.982 bits per heavy atom. The van der Waals surface area contributed by atoms with Crippen molar-refractivity contribution in [3.05, 3.63) is 186 Å². The molecule has 0 saturated heterocycles. The quantitative estimate of drug-likeness (QED) is 0.160. The standard InChI is InChI=1S/C55H49N/c1-53(2)30-31-54(3,4)50-32-39(26-29-48(50)53)45-34-46-43-21-14-15-23-47(43)55(5,6)49(46)35-52(45)56(40-27-24-37(25-28-40)36-16-8-7-9-17-36)51-33-38-18-10-11-19-41(38)42-20-12-13-22-44(42)51/h7-29,32-35H,30-31H2,1-6H3. The zero-order valence-electron chi connectivity index (χ0n) is 33.4. The van der Waals surface area contributed by atoms with Crippen LogP contribution in [-0.2, 0) is 16.2 Å². The molecule has 2 aliphatic carbocycles. The molecule has 0 fully saturated rings. The lowest BCUT2D eigenvalue weighted by atomic mass is 9.63. The molecule has 0 unspecified atom stereocenters. The molecule has 0 aliphatic heterocycles. The van der Waals surface area contributed by atoms with Crippen molar-refractivity contribution < 1.29 is 0 Å². The van der Waals surface area contributed by atoms with Crippen LogP contribution in [0.4, 0.5) is 17.1 Å². The number of anilines is 3. The van der Waals surface area contributed by atoms with E-state index in [1.165, 1.54) is 101 Å². The fourth-order valence-corrected chi connectivity index (χ4v) is 9.97. The molecular formula is C55H49N. The highest BCUT2D eigenvalue weighted by atomic mass is 15.1. The summed E-state index contributed by atoms with van der Waals surface area (Å²) in [4.78, 5) is 2.56. The Kier molecular flexibility index (Phi) is 7.75. The monoisotopic (exact) mass is 723 g/mol. The Morgan fingerprint density at radius 3 is 1.75 bits per heavy atom. The number of fused-ring (bicyclic) bond motifs is 7. The van der Waals surface area contributed by atoms with Crippen molar-refractivity contribution in [1.29, 1.82) is 0 Å². The molecule has 1 nitrogen and oxygen atoms in total. The maximum absolute atomic E-state index is 2.56. The Morgan fingerprint density at radius 1 is 0.375 bits per heavy atom. The van der Waals surface area contributed by atoms with E-state index in [4.69, 9.17) is 0 Å². The third kappa shape index (κ3) is 5.35. The van der Waals surface area contributed by atoms with Crippen molar-refractivity contribution in [3.8, 4) is 33.4 Å². The minimum absolute atomic E-state index is 0.0911. The molecule has 0 spiro atoms. The molecule has 0 aromatic heterocycles. The Hall–Kier alpha value is -5.92. The van der Waals surface area contributed by atoms with Crippen LogP contribution >= 0.6 is 0 Å². The molecule has 1 heteroatoms. The van der Waals surface area contributed by atoms with E-state index < -0.39 is 0 Å². The van der Waals surface area contributed by atoms with Crippen LogP contribution in [0.2, 0.25) is 0 Å². The largest absolute Gasteiger partial charge is 0.309 e. The predicted octanol–water partition coefficient (Wildman–Crippen LogP) is 15.5. The average molecular weight is 724 g/mol. The normalized spacial score (nSPS) is 16.0. The smallest absolute Gasteiger partial charge is 0.0546 e. The van der Waals surface area contributed by atoms with Crippen LogP contribution in [0.5, 0.6) is 0 Å². The number of hydrogen-bond acceptors (Lipinski definition) is 1. The SMILES string of the molecule is CC1(C)CCC(C)(C)c2cc(-c3cc4c(cc3N(c3ccc(-c5ccccc5)cc3)c3cc5ccccc5c5ccccc35)C(C)(C)c3ccccc3-4)ccc21. The van der Waals surface area contributed by atoms with Crippen LogP contribution in [0.1, 0.15) is 76.6 Å². The summed E-state index contributed by atoms with van der Waals surface area (Å²) in [6.45, 7) is 14.5. The Labute approximate surface area is 332 Å². The van der Waals surface area contributed by atoms with Crippen molar-refractivity contribution >= 4 is 38.6 Å². The topological polar surface area (TPSA) is 3.24 Å². The van der Waals surface area contributed by atoms with Gasteiger partial charge in [-0.05, 0) is 120 Å². The lowest BCUT2D eigenvalue weighted by molar-refractivity contribution is 0.332. The second-order valence-corrected chi connectivity index (χ2v) is 18.0. The first-order chi connectivity index (χ1) is 27.0. The van der Waals surface area contributed by atoms with Crippen molar-refractivity contribution in [2.24, 2.45) is 0 Å². The van der Waals surface area contributed by atoms with Gasteiger partial charge in [0.1, 0.15) is 0 Å². The maximum atomic E-state index is 2.56. The zero-order valence-corrected chi connectivity index (χ0v) is 33.4. The van der Waals surface area contributed by atoms with Gasteiger partial charge in [-0.15, -0.1) is 0 Å². The molecular weight excluding hydrogens is 675 g/mol. The van der Waals surface area contributed by atoms with Crippen LogP contribution in [0, 0.1) is 0 Å². The van der Waals surface area contributed by atoms with E-state index in [1.807, 2.05) is 0 Å². The molecule has 0 saturated carbocycles. The second kappa shape index (κ2) is 12.6. The van der Waals surface area contributed by atoms with Gasteiger partial charge in [-0.1, -0.05) is 175 Å². The molecule has 8 aromatic rings. The van der Waals surface area contributed by atoms with Gasteiger partial charge in [0.05, 0.1) is 11.4 Å². The summed E-state index contributed by atoms with van der Waals surface area (Å²) in [6.07, 6.45) is 2.38. The summed E-state index contributed by atoms with van der Waals surface area (Å²) in [7, 11) is 0. The summed E-state index contributed by atoms with van der Waals surface area (Å²) in [5.74, 6) is 0. The van der Waals surface area contributed by atoms with Crippen molar-refractivity contribution in [2.75, 3.05) is 4.90 Å². The summed E-state index contributed by atoms with van der Waals surface area (Å²) in [5, 5.41) is 5.01. The molecule has 0 bridgehead atoms. The molecule has 8 aromatic carbocycles. The van der Waals surface area contributed by atoms with Crippen LogP contribution in [0.15, 0.2) is 164 Å². The fraction of sp³-hybridized carbons (Fsp3) is 0.200. The molecule has 274 valence electrons. The molecule has 0 atom stereocenters. The van der Waals surface area contributed by atoms with Crippen molar-refractivity contribution in [1.82, 2.24) is 0 Å². The lowest BCUT2D eigenvalue weighted by Gasteiger charge is -2.42. The number of hydrogen-bond donors (Lipinski definition) is 0. The van der Waals surface area contributed by atoms with Gasteiger partial charge in [0.25, 0.3) is 0 Å². The van der Waals surface area contributed by atoms with E-state index in [0.29, 0.717) is 0 Å². The first-order valence-corrected chi connectivity index (χ1v) is 20.3. The van der Waals surface area contributed by atoms with E-state index >= 15 is 0 Å². The van der Waals surface area contributed by atoms with E-state index in [-0.39, 0.29) is 16.2 Å². The summed E-state index contributed by atoms with van der Waals surface area (Å²) in [5.41, 5.74) is 17.0. The highest BCUT2D eigenvalue weighted by Gasteiger charge is 2.39. The predicted molar refractivity (Wildman–Crippen MR) is 240 cm³/mol. The van der Waals surface area contributed by atoms with Gasteiger partial charge in [0.2, 0.25) is 0 Å². The van der Waals surface area contributed by atoms with Gasteiger partial charge in [-0.25, -0.2) is 0 Å². The third-order valence-electron chi connectivity index (χ3n) is 13.3. The molecule has 2 aliphatic rings. The van der Waals surface area contributed by atoms with Crippen molar-refractivity contribution in [3.63, 3.8) is 0 Å². The molecule has 0 heterocycles. The summed E-state index contributed by atoms with van der Waals surface area (Å²) < 4.78 is 0. The van der Waals surface area contributed by atoms with E-state index in [9.17, 15) is 0 Å². The van der Waals surface area contributed by atoms with E-state index in [1.54, 1.807) is 0 Å². The van der Waals surface area contributed by atoms with Crippen LogP contribution in [0.3, 0.4) is 0 Å². The van der Waals surface area contributed by atoms with Crippen LogP contribution < -0.4 is 4.90 Å². The lowest BCUT2D eigenvalue weighted by Crippen LogP contribution is -2.33. The maximum Gasteiger partial charge on any atom is 0.0546 e. The van der Waals surface area contributed by atoms with Crippen molar-refractivity contribution in [2.45, 2.75) is 70.6 Å². The van der Waals surface area contributed by atoms with Gasteiger partial charge in [0, 0.05) is 22.1 Å². The first kappa shape index (κ1) is 34.6. The molecule has 10 rings (SSSR count). The molecule has 0 N–H and O–H groups in total. The summed E-state index contributed by atoms with van der Waals surface area (Å²) >= 11 is 0. The summed E-state index contributed by atoms with van der Waals surface area (Å²) in [6, 6.07) is 61.7. The van der Waals surface area contributed by atoms with Gasteiger partial charge >= 0.3 is 0 Å². The minimum Gasteiger partial charge on any atom is -0.309 e. The fourth-order valence-electron chi connectivity index (χ4n) is 9.97. The highest BCUT2D eigenvalue weighted by molar-refractivity contribution is 6.15. The molecule has 0 amide bonds. The van der Waals surface area contributed by atoms with Crippen LogP contribution in [0.25, 0.3) is 54.9 Å². The number of benzene rings is 8. The molecule has 56 heavy (non-hydrogen) atoms. The average Bonchev–Trinajstić information content (AvgIpc) is 3.45. The van der Waals surface area contributed by atoms with Gasteiger partial charge in [-0.3, -0.25) is 0 Å². The van der Waals surface area contributed by atoms with E-state index in [2.05, 4.69) is 210 Å². The highest BCUT2D eigenvalue weighted by Crippen LogP contribution is 2.55. The van der Waals surface area contributed by atoms with Gasteiger partial charge in [-0.2, -0.15) is 0 Å². The van der Waals surface area contributed by atoms with E-state index in [0.717, 1.165) is 5.69 Å². The number of rotatable bonds is 5. The zero-order chi connectivity index (χ0) is 38.4. The molecule has 0 radical (unpaired) electrons. The third-order valence-corrected chi connectivity index (χ3v) is 13.3.